The number of benzene rings is 2. The van der Waals surface area contributed by atoms with Crippen LogP contribution in [0.25, 0.3) is 0 Å². The standard InChI is InChI=1S/C21H25N3O2/c1-23-20(19(22)21(25)24-17-10-6-3-7-11-17)16-12-18(13-16)26-14-15-8-4-2-5-9-15/h2-11,16,18,23H,12-14,22H2,1H3,(H,24,25). The highest BCUT2D eigenvalue weighted by Gasteiger charge is 2.34. The van der Waals surface area contributed by atoms with Crippen LogP contribution in [0.1, 0.15) is 18.4 Å². The van der Waals surface area contributed by atoms with Gasteiger partial charge in [-0.1, -0.05) is 48.5 Å². The summed E-state index contributed by atoms with van der Waals surface area (Å²) in [5, 5.41) is 5.93. The van der Waals surface area contributed by atoms with E-state index in [9.17, 15) is 4.79 Å². The second-order valence-corrected chi connectivity index (χ2v) is 6.48. The average molecular weight is 351 g/mol. The smallest absolute Gasteiger partial charge is 0.273 e. The lowest BCUT2D eigenvalue weighted by Crippen LogP contribution is -2.38. The van der Waals surface area contributed by atoms with Crippen molar-refractivity contribution in [1.29, 1.82) is 0 Å². The summed E-state index contributed by atoms with van der Waals surface area (Å²) in [6.45, 7) is 0.612. The summed E-state index contributed by atoms with van der Waals surface area (Å²) in [6, 6.07) is 19.4. The van der Waals surface area contributed by atoms with E-state index in [1.807, 2.05) is 48.5 Å². The van der Waals surface area contributed by atoms with Crippen molar-refractivity contribution in [2.24, 2.45) is 11.7 Å². The molecule has 0 saturated heterocycles. The van der Waals surface area contributed by atoms with Crippen molar-refractivity contribution in [3.8, 4) is 0 Å². The number of nitrogens with two attached hydrogens (primary N) is 1. The molecule has 0 heterocycles. The van der Waals surface area contributed by atoms with Gasteiger partial charge in [-0.25, -0.2) is 0 Å². The van der Waals surface area contributed by atoms with Gasteiger partial charge in [-0.05, 0) is 30.5 Å². The van der Waals surface area contributed by atoms with Gasteiger partial charge in [0.25, 0.3) is 5.91 Å². The minimum Gasteiger partial charge on any atom is -0.393 e. The van der Waals surface area contributed by atoms with Crippen LogP contribution in [0, 0.1) is 5.92 Å². The molecule has 136 valence electrons. The fourth-order valence-corrected chi connectivity index (χ4v) is 3.13. The predicted octanol–water partition coefficient (Wildman–Crippen LogP) is 3.01. The van der Waals surface area contributed by atoms with Gasteiger partial charge in [0.05, 0.1) is 12.7 Å². The summed E-state index contributed by atoms with van der Waals surface area (Å²) in [6.07, 6.45) is 1.93. The fourth-order valence-electron chi connectivity index (χ4n) is 3.13. The Morgan fingerprint density at radius 3 is 2.31 bits per heavy atom. The van der Waals surface area contributed by atoms with Crippen molar-refractivity contribution >= 4 is 11.6 Å². The largest absolute Gasteiger partial charge is 0.393 e. The average Bonchev–Trinajstić information content (AvgIpc) is 2.64. The lowest BCUT2D eigenvalue weighted by Gasteiger charge is -2.37. The number of carbonyl (C=O) groups excluding carboxylic acids is 1. The zero-order valence-electron chi connectivity index (χ0n) is 14.9. The first kappa shape index (κ1) is 18.0. The predicted molar refractivity (Wildman–Crippen MR) is 103 cm³/mol. The Morgan fingerprint density at radius 2 is 1.69 bits per heavy atom. The van der Waals surface area contributed by atoms with Gasteiger partial charge in [-0.2, -0.15) is 0 Å². The lowest BCUT2D eigenvalue weighted by atomic mass is 9.79. The Hall–Kier alpha value is -2.79. The van der Waals surface area contributed by atoms with Crippen LogP contribution in [0.2, 0.25) is 0 Å². The van der Waals surface area contributed by atoms with Crippen molar-refractivity contribution in [2.45, 2.75) is 25.6 Å². The van der Waals surface area contributed by atoms with E-state index in [2.05, 4.69) is 22.8 Å². The van der Waals surface area contributed by atoms with Gasteiger partial charge in [0.1, 0.15) is 5.70 Å². The Morgan fingerprint density at radius 1 is 1.08 bits per heavy atom. The van der Waals surface area contributed by atoms with Crippen LogP contribution in [0.5, 0.6) is 0 Å². The molecular weight excluding hydrogens is 326 g/mol. The fraction of sp³-hybridized carbons (Fsp3) is 0.286. The molecule has 0 atom stereocenters. The van der Waals surface area contributed by atoms with Crippen LogP contribution in [-0.2, 0) is 16.1 Å². The second kappa shape index (κ2) is 8.54. The lowest BCUT2D eigenvalue weighted by molar-refractivity contribution is -0.113. The van der Waals surface area contributed by atoms with Crippen molar-refractivity contribution in [3.63, 3.8) is 0 Å². The van der Waals surface area contributed by atoms with Crippen LogP contribution < -0.4 is 16.4 Å². The molecule has 0 radical (unpaired) electrons. The van der Waals surface area contributed by atoms with E-state index in [-0.39, 0.29) is 23.6 Å². The molecule has 1 aliphatic rings. The Labute approximate surface area is 154 Å². The third kappa shape index (κ3) is 4.43. The van der Waals surface area contributed by atoms with Crippen molar-refractivity contribution in [2.75, 3.05) is 12.4 Å². The molecule has 0 aliphatic heterocycles. The molecule has 5 nitrogen and oxygen atoms in total. The van der Waals surface area contributed by atoms with E-state index in [1.54, 1.807) is 7.05 Å². The monoisotopic (exact) mass is 351 g/mol. The van der Waals surface area contributed by atoms with Crippen LogP contribution >= 0.6 is 0 Å². The van der Waals surface area contributed by atoms with Crippen LogP contribution in [-0.4, -0.2) is 19.1 Å². The molecule has 26 heavy (non-hydrogen) atoms. The quantitative estimate of drug-likeness (QED) is 0.670. The molecule has 2 aromatic carbocycles. The summed E-state index contributed by atoms with van der Waals surface area (Å²) >= 11 is 0. The molecule has 3 rings (SSSR count). The molecule has 4 N–H and O–H groups in total. The molecule has 1 fully saturated rings. The molecule has 0 aromatic heterocycles. The van der Waals surface area contributed by atoms with Gasteiger partial charge in [-0.15, -0.1) is 0 Å². The molecular formula is C21H25N3O2. The van der Waals surface area contributed by atoms with Gasteiger partial charge in [0.15, 0.2) is 0 Å². The van der Waals surface area contributed by atoms with Crippen molar-refractivity contribution < 1.29 is 9.53 Å². The first-order valence-electron chi connectivity index (χ1n) is 8.86. The molecule has 1 saturated carbocycles. The first-order chi connectivity index (χ1) is 12.7. The van der Waals surface area contributed by atoms with Crippen LogP contribution in [0.4, 0.5) is 5.69 Å². The topological polar surface area (TPSA) is 76.4 Å². The van der Waals surface area contributed by atoms with Gasteiger partial charge in [0.2, 0.25) is 0 Å². The van der Waals surface area contributed by atoms with Crippen LogP contribution in [0.3, 0.4) is 0 Å². The number of ether oxygens (including phenoxy) is 1. The van der Waals surface area contributed by atoms with E-state index in [1.165, 1.54) is 5.56 Å². The number of carbonyl (C=O) groups is 1. The Balaban J connectivity index is 1.53. The van der Waals surface area contributed by atoms with Crippen molar-refractivity contribution in [1.82, 2.24) is 5.32 Å². The minimum atomic E-state index is -0.283. The maximum Gasteiger partial charge on any atom is 0.273 e. The Kier molecular flexibility index (Phi) is 5.92. The number of anilines is 1. The number of amides is 1. The molecule has 0 bridgehead atoms. The summed E-state index contributed by atoms with van der Waals surface area (Å²) < 4.78 is 5.93. The summed E-state index contributed by atoms with van der Waals surface area (Å²) in [7, 11) is 1.80. The number of hydrogen-bond acceptors (Lipinski definition) is 4. The molecule has 1 amide bonds. The zero-order chi connectivity index (χ0) is 18.4. The number of hydrogen-bond donors (Lipinski definition) is 3. The SMILES string of the molecule is CNC(=C(N)C(=O)Nc1ccccc1)C1CC(OCc2ccccc2)C1. The number of nitrogens with one attached hydrogen (secondary N) is 2. The van der Waals surface area contributed by atoms with E-state index in [0.717, 1.165) is 24.2 Å². The highest BCUT2D eigenvalue weighted by atomic mass is 16.5. The minimum absolute atomic E-state index is 0.202. The van der Waals surface area contributed by atoms with E-state index < -0.39 is 0 Å². The number of allylic oxidation sites excluding steroid dienone is 1. The summed E-state index contributed by atoms with van der Waals surface area (Å²) in [5.74, 6) is -0.0588. The normalized spacial score (nSPS) is 19.9. The van der Waals surface area contributed by atoms with Gasteiger partial charge >= 0.3 is 0 Å². The number of rotatable bonds is 7. The Bertz CT molecular complexity index is 753. The van der Waals surface area contributed by atoms with E-state index in [4.69, 9.17) is 10.5 Å². The molecule has 5 heteroatoms. The molecule has 0 spiro atoms. The van der Waals surface area contributed by atoms with Crippen LogP contribution in [0.15, 0.2) is 72.1 Å². The zero-order valence-corrected chi connectivity index (χ0v) is 14.9. The highest BCUT2D eigenvalue weighted by molar-refractivity contribution is 6.03. The van der Waals surface area contributed by atoms with E-state index >= 15 is 0 Å². The maximum absolute atomic E-state index is 12.4. The third-order valence-electron chi connectivity index (χ3n) is 4.67. The second-order valence-electron chi connectivity index (χ2n) is 6.48. The number of para-hydroxylation sites is 1. The molecule has 2 aromatic rings. The maximum atomic E-state index is 12.4. The first-order valence-corrected chi connectivity index (χ1v) is 8.86. The van der Waals surface area contributed by atoms with Gasteiger partial charge in [0, 0.05) is 24.4 Å². The van der Waals surface area contributed by atoms with Gasteiger partial charge < -0.3 is 21.1 Å². The highest BCUT2D eigenvalue weighted by Crippen LogP contribution is 2.35. The summed E-state index contributed by atoms with van der Waals surface area (Å²) in [5.41, 5.74) is 9.03. The van der Waals surface area contributed by atoms with Gasteiger partial charge in [-0.3, -0.25) is 4.79 Å². The van der Waals surface area contributed by atoms with Crippen molar-refractivity contribution in [3.05, 3.63) is 77.6 Å². The third-order valence-corrected chi connectivity index (χ3v) is 4.67. The van der Waals surface area contributed by atoms with E-state index in [0.29, 0.717) is 6.61 Å². The molecule has 0 unspecified atom stereocenters. The molecule has 1 aliphatic carbocycles. The summed E-state index contributed by atoms with van der Waals surface area (Å²) in [4.78, 5) is 12.4.